The van der Waals surface area contributed by atoms with E-state index in [-0.39, 0.29) is 0 Å². The molecule has 0 saturated heterocycles. The third kappa shape index (κ3) is 13.9. The summed E-state index contributed by atoms with van der Waals surface area (Å²) in [5, 5.41) is 0. The van der Waals surface area contributed by atoms with E-state index >= 15 is 0 Å². The Morgan fingerprint density at radius 1 is 0.488 bits per heavy atom. The van der Waals surface area contributed by atoms with Gasteiger partial charge in [0.15, 0.2) is 0 Å². The molecule has 0 aliphatic carbocycles. The minimum atomic E-state index is 0.396. The van der Waals surface area contributed by atoms with E-state index in [9.17, 15) is 0 Å². The van der Waals surface area contributed by atoms with Gasteiger partial charge in [0, 0.05) is 0 Å². The van der Waals surface area contributed by atoms with Crippen LogP contribution in [0.1, 0.15) is 153 Å². The number of thiophene rings is 2. The van der Waals surface area contributed by atoms with Crippen molar-refractivity contribution in [3.05, 3.63) is 43.0 Å². The summed E-state index contributed by atoms with van der Waals surface area (Å²) < 4.78 is 5.75. The van der Waals surface area contributed by atoms with Gasteiger partial charge in [-0.2, -0.15) is 0 Å². The minimum absolute atomic E-state index is 0.396. The van der Waals surface area contributed by atoms with Crippen molar-refractivity contribution in [2.45, 2.75) is 155 Å². The number of aryl methyl sites for hydroxylation is 2. The van der Waals surface area contributed by atoms with Gasteiger partial charge in [0.2, 0.25) is 0 Å². The molecule has 0 atom stereocenters. The van der Waals surface area contributed by atoms with Crippen LogP contribution in [0.5, 0.6) is 0 Å². The van der Waals surface area contributed by atoms with Crippen molar-refractivity contribution in [3.8, 4) is 18.6 Å². The topological polar surface area (TPSA) is 0 Å². The third-order valence-electron chi connectivity index (χ3n) is 8.21. The average molecular weight is 790 g/mol. The van der Waals surface area contributed by atoms with Crippen molar-refractivity contribution < 1.29 is 0 Å². The Hall–Kier alpha value is 0.359. The Morgan fingerprint density at radius 3 is 1.15 bits per heavy atom. The zero-order chi connectivity index (χ0) is 29.1. The fourth-order valence-electron chi connectivity index (χ4n) is 5.77. The standard InChI is InChI=1S/C36H54Br2S2Se/c1-3-5-7-9-11-13-15-17-19-21-23-29-27-33(37)39-35(29)31-25-26-32(41-31)36-30(28-34(38)40-36)24-22-20-18-16-14-12-10-8-6-4-2/h25-28H,3-24H2,1-2H3. The van der Waals surface area contributed by atoms with Crippen molar-refractivity contribution in [1.82, 2.24) is 0 Å². The average Bonchev–Trinajstić information content (AvgIpc) is 3.69. The Bertz CT molecular complexity index is 997. The Balaban J connectivity index is 1.44. The summed E-state index contributed by atoms with van der Waals surface area (Å²) in [4.78, 5) is 3.09. The van der Waals surface area contributed by atoms with Crippen LogP contribution in [0.4, 0.5) is 0 Å². The quantitative estimate of drug-likeness (QED) is 0.0626. The summed E-state index contributed by atoms with van der Waals surface area (Å²) in [6, 6.07) is 9.68. The van der Waals surface area contributed by atoms with E-state index in [0.29, 0.717) is 14.5 Å². The van der Waals surface area contributed by atoms with E-state index in [1.54, 1.807) is 29.8 Å². The van der Waals surface area contributed by atoms with Gasteiger partial charge in [-0.15, -0.1) is 0 Å². The van der Waals surface area contributed by atoms with Gasteiger partial charge in [-0.25, -0.2) is 0 Å². The van der Waals surface area contributed by atoms with Crippen molar-refractivity contribution in [3.63, 3.8) is 0 Å². The van der Waals surface area contributed by atoms with E-state index in [1.807, 2.05) is 22.7 Å². The van der Waals surface area contributed by atoms with Gasteiger partial charge in [-0.1, -0.05) is 39.5 Å². The van der Waals surface area contributed by atoms with Crippen LogP contribution < -0.4 is 0 Å². The molecule has 0 fully saturated rings. The molecule has 0 aliphatic rings. The number of hydrogen-bond donors (Lipinski definition) is 0. The van der Waals surface area contributed by atoms with Crippen LogP contribution >= 0.6 is 54.5 Å². The summed E-state index contributed by atoms with van der Waals surface area (Å²) in [6.07, 6.45) is 30.5. The zero-order valence-corrected chi connectivity index (χ0v) is 32.4. The monoisotopic (exact) mass is 788 g/mol. The SMILES string of the molecule is CCCCCCCCCCCCc1cc(Br)sc1-c1ccc(-c2sc(Br)cc2CCCCCCCCCCCC)[se]1. The van der Waals surface area contributed by atoms with Crippen molar-refractivity contribution in [2.24, 2.45) is 0 Å². The fraction of sp³-hybridized carbons (Fsp3) is 0.667. The van der Waals surface area contributed by atoms with E-state index in [0.717, 1.165) is 0 Å². The molecule has 0 N–H and O–H groups in total. The molecule has 0 nitrogen and oxygen atoms in total. The van der Waals surface area contributed by atoms with Crippen molar-refractivity contribution in [1.29, 1.82) is 0 Å². The molecule has 5 heteroatoms. The van der Waals surface area contributed by atoms with Crippen LogP contribution in [-0.2, 0) is 12.8 Å². The molecule has 0 bridgehead atoms. The number of halogens is 2. The fourth-order valence-corrected chi connectivity index (χ4v) is 12.0. The molecule has 3 aromatic rings. The molecule has 3 aromatic heterocycles. The van der Waals surface area contributed by atoms with Gasteiger partial charge >= 0.3 is 246 Å². The van der Waals surface area contributed by atoms with Crippen molar-refractivity contribution in [2.75, 3.05) is 0 Å². The van der Waals surface area contributed by atoms with Crippen LogP contribution in [0, 0.1) is 0 Å². The first kappa shape index (κ1) is 35.8. The summed E-state index contributed by atoms with van der Waals surface area (Å²) in [6.45, 7) is 4.60. The Labute approximate surface area is 283 Å². The molecule has 0 spiro atoms. The van der Waals surface area contributed by atoms with Gasteiger partial charge in [-0.05, 0) is 0 Å². The molecular formula is C36H54Br2S2Se. The molecule has 0 aliphatic heterocycles. The molecule has 0 amide bonds. The number of rotatable bonds is 24. The van der Waals surface area contributed by atoms with Crippen LogP contribution in [0.15, 0.2) is 31.8 Å². The summed E-state index contributed by atoms with van der Waals surface area (Å²) in [5.74, 6) is 0. The van der Waals surface area contributed by atoms with E-state index in [4.69, 9.17) is 0 Å². The molecular weight excluding hydrogens is 735 g/mol. The number of hydrogen-bond acceptors (Lipinski definition) is 2. The summed E-state index contributed by atoms with van der Waals surface area (Å²) in [7, 11) is 0. The van der Waals surface area contributed by atoms with Gasteiger partial charge in [0.05, 0.1) is 0 Å². The predicted molar refractivity (Wildman–Crippen MR) is 197 cm³/mol. The third-order valence-corrected chi connectivity index (χ3v) is 14.6. The zero-order valence-electron chi connectivity index (χ0n) is 25.8. The van der Waals surface area contributed by atoms with Crippen LogP contribution in [0.2, 0.25) is 0 Å². The number of unbranched alkanes of at least 4 members (excludes halogenated alkanes) is 18. The van der Waals surface area contributed by atoms with Gasteiger partial charge < -0.3 is 0 Å². The molecule has 230 valence electrons. The molecule has 3 rings (SSSR count). The molecule has 0 saturated carbocycles. The van der Waals surface area contributed by atoms with E-state index in [1.165, 1.54) is 149 Å². The Kier molecular flexibility index (Phi) is 19.2. The normalized spacial score (nSPS) is 11.6. The first-order valence-electron chi connectivity index (χ1n) is 16.8. The molecule has 0 aromatic carbocycles. The molecule has 41 heavy (non-hydrogen) atoms. The predicted octanol–water partition coefficient (Wildman–Crippen LogP) is 14.7. The maximum atomic E-state index is 3.82. The molecule has 3 heterocycles. The van der Waals surface area contributed by atoms with Gasteiger partial charge in [0.1, 0.15) is 0 Å². The maximum absolute atomic E-state index is 3.82. The molecule has 0 unspecified atom stereocenters. The first-order chi connectivity index (χ1) is 20.1. The van der Waals surface area contributed by atoms with Crippen LogP contribution in [0.3, 0.4) is 0 Å². The first-order valence-corrected chi connectivity index (χ1v) is 21.7. The van der Waals surface area contributed by atoms with Crippen LogP contribution in [-0.4, -0.2) is 14.5 Å². The van der Waals surface area contributed by atoms with Gasteiger partial charge in [-0.3, -0.25) is 0 Å². The van der Waals surface area contributed by atoms with E-state index in [2.05, 4.69) is 70.0 Å². The second-order valence-corrected chi connectivity index (χ2v) is 19.0. The van der Waals surface area contributed by atoms with Crippen molar-refractivity contribution >= 4 is 69.0 Å². The summed E-state index contributed by atoms with van der Waals surface area (Å²) in [5.41, 5.74) is 3.14. The second kappa shape index (κ2) is 22.0. The molecule has 0 radical (unpaired) electrons. The van der Waals surface area contributed by atoms with Gasteiger partial charge in [0.25, 0.3) is 0 Å². The van der Waals surface area contributed by atoms with E-state index < -0.39 is 0 Å². The summed E-state index contributed by atoms with van der Waals surface area (Å²) >= 11 is 11.9. The Morgan fingerprint density at radius 2 is 0.805 bits per heavy atom. The second-order valence-electron chi connectivity index (χ2n) is 11.8. The van der Waals surface area contributed by atoms with Crippen LogP contribution in [0.25, 0.3) is 18.6 Å².